The molecule has 0 bridgehead atoms. The molecule has 1 rings (SSSR count). The van der Waals surface area contributed by atoms with Gasteiger partial charge >= 0.3 is 0 Å². The third-order valence-electron chi connectivity index (χ3n) is 6.11. The van der Waals surface area contributed by atoms with Crippen molar-refractivity contribution in [1.82, 2.24) is 5.32 Å². The average Bonchev–Trinajstić information content (AvgIpc) is 2.73. The van der Waals surface area contributed by atoms with Gasteiger partial charge in [-0.1, -0.05) is 26.8 Å². The van der Waals surface area contributed by atoms with Gasteiger partial charge in [0.2, 0.25) is 0 Å². The van der Waals surface area contributed by atoms with Gasteiger partial charge in [0.25, 0.3) is 0 Å². The molecule has 0 fully saturated rings. The van der Waals surface area contributed by atoms with Crippen molar-refractivity contribution in [1.29, 1.82) is 0 Å². The van der Waals surface area contributed by atoms with Gasteiger partial charge in [-0.15, -0.1) is 0 Å². The van der Waals surface area contributed by atoms with E-state index in [0.717, 1.165) is 37.2 Å². The largest absolute Gasteiger partial charge is 0.493 e. The highest BCUT2D eigenvalue weighted by molar-refractivity contribution is 5.43. The molecular formula is C25H46N2O4. The summed E-state index contributed by atoms with van der Waals surface area (Å²) < 4.78 is 16.5. The quantitative estimate of drug-likeness (QED) is 0.266. The Labute approximate surface area is 189 Å². The van der Waals surface area contributed by atoms with Crippen LogP contribution in [-0.2, 0) is 11.2 Å². The maximum absolute atomic E-state index is 10.6. The summed E-state index contributed by atoms with van der Waals surface area (Å²) in [5.74, 6) is 2.45. The number of benzene rings is 1. The van der Waals surface area contributed by atoms with Crippen LogP contribution in [0.5, 0.6) is 11.5 Å². The fraction of sp³-hybridized carbons (Fsp3) is 0.760. The van der Waals surface area contributed by atoms with Gasteiger partial charge in [0.05, 0.1) is 26.0 Å². The van der Waals surface area contributed by atoms with Crippen molar-refractivity contribution in [3.63, 3.8) is 0 Å². The van der Waals surface area contributed by atoms with E-state index >= 15 is 0 Å². The molecule has 0 aromatic heterocycles. The fourth-order valence-corrected chi connectivity index (χ4v) is 3.53. The molecule has 3 atom stereocenters. The summed E-state index contributed by atoms with van der Waals surface area (Å²) in [6, 6.07) is 6.15. The fourth-order valence-electron chi connectivity index (χ4n) is 3.53. The molecule has 180 valence electrons. The van der Waals surface area contributed by atoms with Crippen LogP contribution in [0.15, 0.2) is 18.2 Å². The lowest BCUT2D eigenvalue weighted by atomic mass is 9.84. The molecule has 0 saturated heterocycles. The van der Waals surface area contributed by atoms with Crippen molar-refractivity contribution in [2.45, 2.75) is 84.5 Å². The Morgan fingerprint density at radius 2 is 1.81 bits per heavy atom. The van der Waals surface area contributed by atoms with Crippen molar-refractivity contribution < 1.29 is 19.3 Å². The first-order valence-corrected chi connectivity index (χ1v) is 11.6. The van der Waals surface area contributed by atoms with Crippen LogP contribution in [0, 0.1) is 11.8 Å². The van der Waals surface area contributed by atoms with Crippen molar-refractivity contribution in [3.8, 4) is 11.5 Å². The van der Waals surface area contributed by atoms with E-state index in [-0.39, 0.29) is 5.54 Å². The van der Waals surface area contributed by atoms with E-state index in [2.05, 4.69) is 52.1 Å². The summed E-state index contributed by atoms with van der Waals surface area (Å²) in [6.07, 6.45) is 3.31. The van der Waals surface area contributed by atoms with Gasteiger partial charge < -0.3 is 25.1 Å². The molecule has 0 aliphatic rings. The van der Waals surface area contributed by atoms with Crippen LogP contribution in [-0.4, -0.2) is 50.3 Å². The van der Waals surface area contributed by atoms with Crippen LogP contribution < -0.4 is 20.5 Å². The number of ether oxygens (including phenoxy) is 3. The Hall–Kier alpha value is -1.34. The molecule has 0 aliphatic carbocycles. The van der Waals surface area contributed by atoms with Crippen LogP contribution >= 0.6 is 0 Å². The molecule has 6 heteroatoms. The van der Waals surface area contributed by atoms with E-state index in [4.69, 9.17) is 19.9 Å². The highest BCUT2D eigenvalue weighted by Crippen LogP contribution is 2.31. The number of nitrogens with two attached hydrogens (primary N) is 1. The smallest absolute Gasteiger partial charge is 0.161 e. The van der Waals surface area contributed by atoms with Crippen molar-refractivity contribution >= 4 is 0 Å². The number of hydrogen-bond acceptors (Lipinski definition) is 6. The molecule has 6 nitrogen and oxygen atoms in total. The minimum Gasteiger partial charge on any atom is -0.493 e. The summed E-state index contributed by atoms with van der Waals surface area (Å²) in [6.45, 7) is 12.1. The van der Waals surface area contributed by atoms with Crippen LogP contribution in [0.4, 0.5) is 0 Å². The maximum Gasteiger partial charge on any atom is 0.161 e. The zero-order chi connectivity index (χ0) is 23.4. The predicted octanol–water partition coefficient (Wildman–Crippen LogP) is 4.13. The Kier molecular flexibility index (Phi) is 12.5. The summed E-state index contributed by atoms with van der Waals surface area (Å²) in [5.41, 5.74) is 7.34. The van der Waals surface area contributed by atoms with Crippen LogP contribution in [0.25, 0.3) is 0 Å². The SMILES string of the molecule is CCC(C)(C)N[C@H](N)[C@@H](O)CC[C@@H](Cc1ccc(OC)c(OCCCOC)c1)C(C)C. The average molecular weight is 439 g/mol. The minimum atomic E-state index is -0.567. The molecule has 0 radical (unpaired) electrons. The van der Waals surface area contributed by atoms with E-state index in [0.29, 0.717) is 31.5 Å². The third kappa shape index (κ3) is 10.2. The lowest BCUT2D eigenvalue weighted by Crippen LogP contribution is -2.55. The molecular weight excluding hydrogens is 392 g/mol. The molecule has 0 amide bonds. The van der Waals surface area contributed by atoms with E-state index < -0.39 is 12.3 Å². The van der Waals surface area contributed by atoms with Gasteiger partial charge in [-0.05, 0) is 69.1 Å². The number of rotatable bonds is 16. The molecule has 0 spiro atoms. The first kappa shape index (κ1) is 27.7. The molecule has 0 unspecified atom stereocenters. The molecule has 31 heavy (non-hydrogen) atoms. The zero-order valence-corrected chi connectivity index (χ0v) is 20.7. The number of aliphatic hydroxyl groups excluding tert-OH is 1. The van der Waals surface area contributed by atoms with Crippen LogP contribution in [0.3, 0.4) is 0 Å². The normalized spacial score (nSPS) is 15.0. The topological polar surface area (TPSA) is 86.0 Å². The van der Waals surface area contributed by atoms with Crippen molar-refractivity contribution in [2.75, 3.05) is 27.4 Å². The van der Waals surface area contributed by atoms with E-state index in [9.17, 15) is 5.11 Å². The first-order valence-electron chi connectivity index (χ1n) is 11.6. The third-order valence-corrected chi connectivity index (χ3v) is 6.11. The maximum atomic E-state index is 10.6. The molecule has 1 aromatic carbocycles. The Balaban J connectivity index is 2.73. The van der Waals surface area contributed by atoms with E-state index in [1.54, 1.807) is 14.2 Å². The lowest BCUT2D eigenvalue weighted by Gasteiger charge is -2.32. The summed E-state index contributed by atoms with van der Waals surface area (Å²) in [5, 5.41) is 13.9. The molecule has 0 aliphatic heterocycles. The van der Waals surface area contributed by atoms with Crippen molar-refractivity contribution in [2.24, 2.45) is 17.6 Å². The summed E-state index contributed by atoms with van der Waals surface area (Å²) in [4.78, 5) is 0. The highest BCUT2D eigenvalue weighted by atomic mass is 16.5. The summed E-state index contributed by atoms with van der Waals surface area (Å²) >= 11 is 0. The van der Waals surface area contributed by atoms with Gasteiger partial charge in [0.1, 0.15) is 0 Å². The van der Waals surface area contributed by atoms with E-state index in [1.165, 1.54) is 5.56 Å². The Morgan fingerprint density at radius 3 is 2.39 bits per heavy atom. The van der Waals surface area contributed by atoms with Gasteiger partial charge in [-0.25, -0.2) is 0 Å². The summed E-state index contributed by atoms with van der Waals surface area (Å²) in [7, 11) is 3.35. The zero-order valence-electron chi connectivity index (χ0n) is 20.7. The number of aliphatic hydroxyl groups is 1. The number of methoxy groups -OCH3 is 2. The number of hydrogen-bond donors (Lipinski definition) is 3. The highest BCUT2D eigenvalue weighted by Gasteiger charge is 2.24. The molecule has 0 heterocycles. The Morgan fingerprint density at radius 1 is 1.10 bits per heavy atom. The van der Waals surface area contributed by atoms with Crippen molar-refractivity contribution in [3.05, 3.63) is 23.8 Å². The second kappa shape index (κ2) is 13.9. The standard InChI is InChI=1S/C25H46N2O4/c1-8-25(4,5)27-24(26)21(28)12-11-20(18(2)3)16-19-10-13-22(30-7)23(17-19)31-15-9-14-29-6/h10,13,17-18,20-21,24,27-28H,8-9,11-12,14-16,26H2,1-7H3/t20-,21-,24-/m0/s1. The Bertz CT molecular complexity index is 622. The van der Waals surface area contributed by atoms with Crippen LogP contribution in [0.2, 0.25) is 0 Å². The van der Waals surface area contributed by atoms with Gasteiger partial charge in [0.15, 0.2) is 11.5 Å². The van der Waals surface area contributed by atoms with E-state index in [1.807, 2.05) is 6.07 Å². The second-order valence-electron chi connectivity index (χ2n) is 9.44. The molecule has 0 saturated carbocycles. The second-order valence-corrected chi connectivity index (χ2v) is 9.44. The van der Waals surface area contributed by atoms with Crippen LogP contribution in [0.1, 0.15) is 65.9 Å². The number of nitrogens with one attached hydrogen (secondary N) is 1. The molecule has 4 N–H and O–H groups in total. The monoisotopic (exact) mass is 438 g/mol. The predicted molar refractivity (Wildman–Crippen MR) is 128 cm³/mol. The van der Waals surface area contributed by atoms with Gasteiger partial charge in [-0.3, -0.25) is 5.32 Å². The molecule has 1 aromatic rings. The lowest BCUT2D eigenvalue weighted by molar-refractivity contribution is 0.0938. The van der Waals surface area contributed by atoms with Gasteiger partial charge in [0, 0.05) is 25.7 Å². The first-order chi connectivity index (χ1) is 14.6. The van der Waals surface area contributed by atoms with Gasteiger partial charge in [-0.2, -0.15) is 0 Å². The minimum absolute atomic E-state index is 0.0827.